The van der Waals surface area contributed by atoms with Crippen molar-refractivity contribution in [2.75, 3.05) is 18.9 Å². The van der Waals surface area contributed by atoms with Crippen LogP contribution in [-0.4, -0.2) is 23.0 Å². The molecule has 2 aromatic rings. The van der Waals surface area contributed by atoms with Crippen molar-refractivity contribution in [2.45, 2.75) is 12.8 Å². The number of halogens is 1. The highest BCUT2D eigenvalue weighted by Gasteiger charge is 2.46. The van der Waals surface area contributed by atoms with Gasteiger partial charge in [-0.25, -0.2) is 0 Å². The number of nitrogen functional groups attached to an aromatic ring is 1. The van der Waals surface area contributed by atoms with Crippen molar-refractivity contribution in [1.82, 2.24) is 9.78 Å². The van der Waals surface area contributed by atoms with Gasteiger partial charge in [-0.1, -0.05) is 0 Å². The molecule has 2 aliphatic rings. The van der Waals surface area contributed by atoms with Crippen LogP contribution in [0.25, 0.3) is 11.3 Å². The molecule has 0 radical (unpaired) electrons. The molecule has 0 bridgehead atoms. The first-order chi connectivity index (χ1) is 10.1. The average molecular weight is 350 g/mol. The molecule has 1 saturated carbocycles. The summed E-state index contributed by atoms with van der Waals surface area (Å²) < 4.78 is 14.5. The number of fused-ring (bicyclic) bond motifs is 1. The summed E-state index contributed by atoms with van der Waals surface area (Å²) in [5, 5.41) is 4.41. The summed E-state index contributed by atoms with van der Waals surface area (Å²) >= 11 is 3.58. The first kappa shape index (κ1) is 13.0. The topological polar surface area (TPSA) is 62.3 Å². The largest absolute Gasteiger partial charge is 0.489 e. The van der Waals surface area contributed by atoms with Crippen LogP contribution in [0.1, 0.15) is 12.8 Å². The molecule has 0 amide bonds. The molecular formula is C15H16BrN3O2. The molecule has 1 aliphatic heterocycles. The molecule has 0 unspecified atom stereocenters. The SMILES string of the molecule is Cn1nc(-c2cc(Br)c3c(c2)OCC2(CC2)CO3)cc1N. The normalized spacial score (nSPS) is 18.6. The van der Waals surface area contributed by atoms with Crippen molar-refractivity contribution in [3.63, 3.8) is 0 Å². The van der Waals surface area contributed by atoms with Crippen LogP contribution in [-0.2, 0) is 7.05 Å². The second kappa shape index (κ2) is 4.40. The van der Waals surface area contributed by atoms with Crippen LogP contribution in [0.15, 0.2) is 22.7 Å². The van der Waals surface area contributed by atoms with E-state index in [1.165, 1.54) is 12.8 Å². The van der Waals surface area contributed by atoms with Gasteiger partial charge in [0.2, 0.25) is 0 Å². The molecule has 1 fully saturated rings. The lowest BCUT2D eigenvalue weighted by Gasteiger charge is -2.10. The van der Waals surface area contributed by atoms with Gasteiger partial charge in [0, 0.05) is 24.1 Å². The Kier molecular flexibility index (Phi) is 2.73. The van der Waals surface area contributed by atoms with Gasteiger partial charge in [-0.15, -0.1) is 0 Å². The number of benzene rings is 1. The number of nitrogens with two attached hydrogens (primary N) is 1. The molecule has 2 N–H and O–H groups in total. The van der Waals surface area contributed by atoms with E-state index in [2.05, 4.69) is 21.0 Å². The molecule has 1 aromatic heterocycles. The van der Waals surface area contributed by atoms with Crippen LogP contribution in [0.2, 0.25) is 0 Å². The van der Waals surface area contributed by atoms with Crippen molar-refractivity contribution >= 4 is 21.7 Å². The highest BCUT2D eigenvalue weighted by atomic mass is 79.9. The lowest BCUT2D eigenvalue weighted by molar-refractivity contribution is 0.196. The third-order valence-corrected chi connectivity index (χ3v) is 4.82. The van der Waals surface area contributed by atoms with Gasteiger partial charge >= 0.3 is 0 Å². The minimum atomic E-state index is 0.230. The zero-order chi connectivity index (χ0) is 14.6. The fraction of sp³-hybridized carbons (Fsp3) is 0.400. The van der Waals surface area contributed by atoms with Crippen molar-refractivity contribution in [2.24, 2.45) is 12.5 Å². The third-order valence-electron chi connectivity index (χ3n) is 4.23. The van der Waals surface area contributed by atoms with Crippen molar-refractivity contribution in [1.29, 1.82) is 0 Å². The first-order valence-corrected chi connectivity index (χ1v) is 7.75. The number of ether oxygens (including phenoxy) is 2. The fourth-order valence-electron chi connectivity index (χ4n) is 2.55. The second-order valence-corrected chi connectivity index (χ2v) is 6.80. The highest BCUT2D eigenvalue weighted by Crippen LogP contribution is 2.51. The summed E-state index contributed by atoms with van der Waals surface area (Å²) in [4.78, 5) is 0. The molecule has 2 heterocycles. The zero-order valence-corrected chi connectivity index (χ0v) is 13.3. The van der Waals surface area contributed by atoms with Crippen LogP contribution >= 0.6 is 15.9 Å². The van der Waals surface area contributed by atoms with Gasteiger partial charge in [0.25, 0.3) is 0 Å². The minimum absolute atomic E-state index is 0.230. The molecule has 6 heteroatoms. The Balaban J connectivity index is 1.75. The molecule has 0 saturated heterocycles. The Bertz CT molecular complexity index is 702. The van der Waals surface area contributed by atoms with Gasteiger partial charge in [-0.05, 0) is 40.9 Å². The number of hydrogen-bond acceptors (Lipinski definition) is 4. The van der Waals surface area contributed by atoms with Crippen LogP contribution in [0, 0.1) is 5.41 Å². The maximum Gasteiger partial charge on any atom is 0.175 e. The predicted octanol–water partition coefficient (Wildman–Crippen LogP) is 2.98. The van der Waals surface area contributed by atoms with Crippen LogP contribution in [0.5, 0.6) is 11.5 Å². The van der Waals surface area contributed by atoms with Crippen LogP contribution < -0.4 is 15.2 Å². The van der Waals surface area contributed by atoms with E-state index in [1.54, 1.807) is 4.68 Å². The predicted molar refractivity (Wildman–Crippen MR) is 83.4 cm³/mol. The third kappa shape index (κ3) is 2.18. The van der Waals surface area contributed by atoms with E-state index in [0.29, 0.717) is 5.82 Å². The quantitative estimate of drug-likeness (QED) is 0.859. The lowest BCUT2D eigenvalue weighted by atomic mass is 10.1. The number of aryl methyl sites for hydroxylation is 1. The van der Waals surface area contributed by atoms with Gasteiger partial charge in [0.15, 0.2) is 11.5 Å². The standard InChI is InChI=1S/C15H16BrN3O2/c1-19-13(17)6-11(18-19)9-4-10(16)14-12(5-9)20-7-15(2-3-15)8-21-14/h4-6H,2-3,7-8,17H2,1H3. The minimum Gasteiger partial charge on any atom is -0.489 e. The van der Waals surface area contributed by atoms with Crippen molar-refractivity contribution < 1.29 is 9.47 Å². The summed E-state index contributed by atoms with van der Waals surface area (Å²) in [5.41, 5.74) is 7.87. The molecule has 21 heavy (non-hydrogen) atoms. The summed E-state index contributed by atoms with van der Waals surface area (Å²) in [6, 6.07) is 5.83. The van der Waals surface area contributed by atoms with Gasteiger partial charge < -0.3 is 15.2 Å². The lowest BCUT2D eigenvalue weighted by Crippen LogP contribution is -2.17. The van der Waals surface area contributed by atoms with Gasteiger partial charge in [-0.2, -0.15) is 5.10 Å². The van der Waals surface area contributed by atoms with E-state index in [9.17, 15) is 0 Å². The number of rotatable bonds is 1. The number of anilines is 1. The maximum atomic E-state index is 5.99. The second-order valence-electron chi connectivity index (χ2n) is 5.94. The summed E-state index contributed by atoms with van der Waals surface area (Å²) in [6.07, 6.45) is 2.37. The molecule has 1 spiro atoms. The molecule has 1 aliphatic carbocycles. The van der Waals surface area contributed by atoms with E-state index in [4.69, 9.17) is 15.2 Å². The molecule has 5 nitrogen and oxygen atoms in total. The van der Waals surface area contributed by atoms with E-state index in [-0.39, 0.29) is 5.41 Å². The van der Waals surface area contributed by atoms with Crippen LogP contribution in [0.4, 0.5) is 5.82 Å². The molecule has 110 valence electrons. The Hall–Kier alpha value is -1.69. The smallest absolute Gasteiger partial charge is 0.175 e. The first-order valence-electron chi connectivity index (χ1n) is 6.95. The molecule has 1 aromatic carbocycles. The summed E-state index contributed by atoms with van der Waals surface area (Å²) in [6.45, 7) is 1.45. The van der Waals surface area contributed by atoms with E-state index in [0.717, 1.165) is 40.4 Å². The van der Waals surface area contributed by atoms with Gasteiger partial charge in [0.05, 0.1) is 23.4 Å². The van der Waals surface area contributed by atoms with E-state index < -0.39 is 0 Å². The van der Waals surface area contributed by atoms with Crippen LogP contribution in [0.3, 0.4) is 0 Å². The molecule has 4 rings (SSSR count). The van der Waals surface area contributed by atoms with E-state index >= 15 is 0 Å². The maximum absolute atomic E-state index is 5.99. The highest BCUT2D eigenvalue weighted by molar-refractivity contribution is 9.10. The molecular weight excluding hydrogens is 334 g/mol. The van der Waals surface area contributed by atoms with Gasteiger partial charge in [-0.3, -0.25) is 4.68 Å². The Morgan fingerprint density at radius 2 is 2.00 bits per heavy atom. The Labute approximate surface area is 131 Å². The van der Waals surface area contributed by atoms with Crippen molar-refractivity contribution in [3.05, 3.63) is 22.7 Å². The Morgan fingerprint density at radius 3 is 2.67 bits per heavy atom. The summed E-state index contributed by atoms with van der Waals surface area (Å²) in [7, 11) is 1.83. The Morgan fingerprint density at radius 1 is 1.24 bits per heavy atom. The number of nitrogens with zero attached hydrogens (tertiary/aromatic N) is 2. The summed E-state index contributed by atoms with van der Waals surface area (Å²) in [5.74, 6) is 2.18. The van der Waals surface area contributed by atoms with Crippen molar-refractivity contribution in [3.8, 4) is 22.8 Å². The van der Waals surface area contributed by atoms with E-state index in [1.807, 2.05) is 25.2 Å². The number of hydrogen-bond donors (Lipinski definition) is 1. The fourth-order valence-corrected chi connectivity index (χ4v) is 3.11. The monoisotopic (exact) mass is 349 g/mol. The average Bonchev–Trinajstić information content (AvgIpc) is 3.19. The molecule has 0 atom stereocenters. The number of aromatic nitrogens is 2. The van der Waals surface area contributed by atoms with Gasteiger partial charge in [0.1, 0.15) is 5.82 Å². The zero-order valence-electron chi connectivity index (χ0n) is 11.7.